The predicted molar refractivity (Wildman–Crippen MR) is 296 cm³/mol. The number of ether oxygens (including phenoxy) is 1. The van der Waals surface area contributed by atoms with E-state index >= 15 is 0 Å². The normalized spacial score (nSPS) is 12.7. The van der Waals surface area contributed by atoms with Crippen molar-refractivity contribution in [2.24, 2.45) is 0 Å². The van der Waals surface area contributed by atoms with Crippen molar-refractivity contribution >= 4 is 11.9 Å². The van der Waals surface area contributed by atoms with E-state index in [1.807, 2.05) is 6.08 Å². The Morgan fingerprint density at radius 1 is 0.397 bits per heavy atom. The van der Waals surface area contributed by atoms with Crippen LogP contribution in [0.4, 0.5) is 0 Å². The Balaban J connectivity index is 3.34. The number of aliphatic hydroxyl groups excluding tert-OH is 2. The van der Waals surface area contributed by atoms with Gasteiger partial charge in [-0.1, -0.05) is 289 Å². The number of nitrogens with one attached hydrogen (secondary N) is 1. The van der Waals surface area contributed by atoms with Crippen molar-refractivity contribution < 1.29 is 24.5 Å². The summed E-state index contributed by atoms with van der Waals surface area (Å²) < 4.78 is 5.47. The second kappa shape index (κ2) is 57.9. The van der Waals surface area contributed by atoms with E-state index in [-0.39, 0.29) is 18.5 Å². The lowest BCUT2D eigenvalue weighted by atomic mass is 10.0. The number of hydrogen-bond acceptors (Lipinski definition) is 5. The lowest BCUT2D eigenvalue weighted by molar-refractivity contribution is -0.143. The van der Waals surface area contributed by atoms with Gasteiger partial charge in [0.2, 0.25) is 5.91 Å². The number of rotatable bonds is 57. The minimum absolute atomic E-state index is 0.00831. The van der Waals surface area contributed by atoms with Crippen molar-refractivity contribution in [3.63, 3.8) is 0 Å². The Labute approximate surface area is 424 Å². The van der Waals surface area contributed by atoms with Gasteiger partial charge >= 0.3 is 5.97 Å². The molecule has 402 valence electrons. The van der Waals surface area contributed by atoms with Gasteiger partial charge in [-0.2, -0.15) is 0 Å². The molecule has 0 aromatic rings. The Kier molecular flexibility index (Phi) is 56.5. The molecule has 0 aromatic heterocycles. The molecule has 0 saturated heterocycles. The van der Waals surface area contributed by atoms with E-state index in [4.69, 9.17) is 4.74 Å². The van der Waals surface area contributed by atoms with Crippen LogP contribution in [0.1, 0.15) is 335 Å². The average Bonchev–Trinajstić information content (AvgIpc) is 3.34. The predicted octanol–water partition coefficient (Wildman–Crippen LogP) is 19.0. The van der Waals surface area contributed by atoms with Crippen molar-refractivity contribution in [2.75, 3.05) is 13.2 Å². The standard InChI is InChI=1S/C62H119NO5/c1-3-5-7-9-11-13-15-36-40-44-48-52-56-62(67)68-57-53-49-45-41-37-33-31-29-27-25-23-21-19-17-16-18-20-22-24-26-28-30-32-35-39-43-47-51-55-61(66)63-59(58-64)60(65)54-50-46-42-38-34-14-12-10-8-6-4-2/h11,13,50,54,59-60,64-65H,3-10,12,14-49,51-53,55-58H2,1-2H3,(H,63,66)/b13-11-,54-50+. The molecular weight excluding hydrogens is 839 g/mol. The molecule has 0 aromatic carbocycles. The molecule has 2 unspecified atom stereocenters. The number of hydrogen-bond donors (Lipinski definition) is 3. The van der Waals surface area contributed by atoms with Crippen LogP contribution in [0.2, 0.25) is 0 Å². The summed E-state index contributed by atoms with van der Waals surface area (Å²) in [5, 5.41) is 23.0. The first-order chi connectivity index (χ1) is 33.5. The zero-order valence-corrected chi connectivity index (χ0v) is 45.9. The Morgan fingerprint density at radius 2 is 0.691 bits per heavy atom. The van der Waals surface area contributed by atoms with Gasteiger partial charge in [0, 0.05) is 12.8 Å². The van der Waals surface area contributed by atoms with Gasteiger partial charge < -0.3 is 20.3 Å². The van der Waals surface area contributed by atoms with Crippen LogP contribution in [-0.2, 0) is 14.3 Å². The SMILES string of the molecule is CCCCC/C=C\CCCCCCCC(=O)OCCCCCCCCCCCCCCCCCCCCCCCCCCCCCCC(=O)NC(CO)C(O)/C=C/CCCCCCCCCCC. The molecule has 0 bridgehead atoms. The fourth-order valence-electron chi connectivity index (χ4n) is 9.51. The molecule has 0 heterocycles. The van der Waals surface area contributed by atoms with E-state index < -0.39 is 12.1 Å². The molecular formula is C62H119NO5. The molecule has 0 aliphatic rings. The zero-order chi connectivity index (χ0) is 49.3. The highest BCUT2D eigenvalue weighted by molar-refractivity contribution is 5.76. The maximum Gasteiger partial charge on any atom is 0.305 e. The monoisotopic (exact) mass is 958 g/mol. The van der Waals surface area contributed by atoms with Crippen molar-refractivity contribution in [3.8, 4) is 0 Å². The second-order valence-electron chi connectivity index (χ2n) is 21.0. The summed E-state index contributed by atoms with van der Waals surface area (Å²) in [4.78, 5) is 24.4. The number of amides is 1. The highest BCUT2D eigenvalue weighted by atomic mass is 16.5. The van der Waals surface area contributed by atoms with Gasteiger partial charge in [-0.25, -0.2) is 0 Å². The number of carbonyl (C=O) groups is 2. The average molecular weight is 959 g/mol. The van der Waals surface area contributed by atoms with Crippen molar-refractivity contribution in [2.45, 2.75) is 347 Å². The minimum atomic E-state index is -0.840. The van der Waals surface area contributed by atoms with Gasteiger partial charge in [0.1, 0.15) is 0 Å². The van der Waals surface area contributed by atoms with Crippen LogP contribution in [0.5, 0.6) is 0 Å². The second-order valence-corrected chi connectivity index (χ2v) is 21.0. The van der Waals surface area contributed by atoms with E-state index in [2.05, 4.69) is 31.3 Å². The third-order valence-corrected chi connectivity index (χ3v) is 14.2. The van der Waals surface area contributed by atoms with Crippen LogP contribution < -0.4 is 5.32 Å². The molecule has 0 aliphatic carbocycles. The number of carbonyl (C=O) groups excluding carboxylic acids is 2. The van der Waals surface area contributed by atoms with Crippen LogP contribution in [0.3, 0.4) is 0 Å². The van der Waals surface area contributed by atoms with Gasteiger partial charge in [0.05, 0.1) is 25.4 Å². The third kappa shape index (κ3) is 53.7. The topological polar surface area (TPSA) is 95.9 Å². The van der Waals surface area contributed by atoms with Crippen molar-refractivity contribution in [3.05, 3.63) is 24.3 Å². The molecule has 0 aliphatic heterocycles. The molecule has 68 heavy (non-hydrogen) atoms. The van der Waals surface area contributed by atoms with Crippen LogP contribution >= 0.6 is 0 Å². The molecule has 0 saturated carbocycles. The maximum absolute atomic E-state index is 12.4. The maximum atomic E-state index is 12.4. The van der Waals surface area contributed by atoms with E-state index in [0.717, 1.165) is 44.9 Å². The molecule has 6 heteroatoms. The lowest BCUT2D eigenvalue weighted by Crippen LogP contribution is -2.45. The summed E-state index contributed by atoms with van der Waals surface area (Å²) in [6.07, 6.45) is 70.9. The van der Waals surface area contributed by atoms with E-state index in [1.165, 1.54) is 263 Å². The number of esters is 1. The number of unbranched alkanes of at least 4 members (excludes halogenated alkanes) is 44. The van der Waals surface area contributed by atoms with Crippen LogP contribution in [0.15, 0.2) is 24.3 Å². The van der Waals surface area contributed by atoms with Gasteiger partial charge in [-0.15, -0.1) is 0 Å². The van der Waals surface area contributed by atoms with Gasteiger partial charge in [-0.3, -0.25) is 9.59 Å². The smallest absolute Gasteiger partial charge is 0.305 e. The van der Waals surface area contributed by atoms with Crippen LogP contribution in [0, 0.1) is 0 Å². The lowest BCUT2D eigenvalue weighted by Gasteiger charge is -2.20. The molecule has 0 rings (SSSR count). The van der Waals surface area contributed by atoms with Crippen LogP contribution in [-0.4, -0.2) is 47.4 Å². The summed E-state index contributed by atoms with van der Waals surface area (Å²) >= 11 is 0. The fourth-order valence-corrected chi connectivity index (χ4v) is 9.51. The first-order valence-corrected chi connectivity index (χ1v) is 30.6. The minimum Gasteiger partial charge on any atom is -0.466 e. The Bertz CT molecular complexity index is 1060. The molecule has 1 amide bonds. The van der Waals surface area contributed by atoms with Gasteiger partial charge in [0.25, 0.3) is 0 Å². The Hall–Kier alpha value is -1.66. The summed E-state index contributed by atoms with van der Waals surface area (Å²) in [6.45, 7) is 4.88. The van der Waals surface area contributed by atoms with E-state index in [9.17, 15) is 19.8 Å². The molecule has 3 N–H and O–H groups in total. The molecule has 0 fully saturated rings. The quantitative estimate of drug-likeness (QED) is 0.0321. The van der Waals surface area contributed by atoms with Gasteiger partial charge in [-0.05, 0) is 57.8 Å². The molecule has 0 radical (unpaired) electrons. The fraction of sp³-hybridized carbons (Fsp3) is 0.903. The first kappa shape index (κ1) is 66.3. The zero-order valence-electron chi connectivity index (χ0n) is 45.9. The highest BCUT2D eigenvalue weighted by Crippen LogP contribution is 2.18. The molecule has 2 atom stereocenters. The largest absolute Gasteiger partial charge is 0.466 e. The molecule has 6 nitrogen and oxygen atoms in total. The summed E-state index contributed by atoms with van der Waals surface area (Å²) in [7, 11) is 0. The summed E-state index contributed by atoms with van der Waals surface area (Å²) in [5.41, 5.74) is 0. The summed E-state index contributed by atoms with van der Waals surface area (Å²) in [6, 6.07) is -0.623. The van der Waals surface area contributed by atoms with E-state index in [0.29, 0.717) is 19.4 Å². The third-order valence-electron chi connectivity index (χ3n) is 14.2. The van der Waals surface area contributed by atoms with E-state index in [1.54, 1.807) is 6.08 Å². The summed E-state index contributed by atoms with van der Waals surface area (Å²) in [5.74, 6) is -0.0569. The van der Waals surface area contributed by atoms with Crippen molar-refractivity contribution in [1.29, 1.82) is 0 Å². The number of allylic oxidation sites excluding steroid dienone is 3. The first-order valence-electron chi connectivity index (χ1n) is 30.6. The van der Waals surface area contributed by atoms with Crippen molar-refractivity contribution in [1.82, 2.24) is 5.32 Å². The molecule has 0 spiro atoms. The van der Waals surface area contributed by atoms with Gasteiger partial charge in [0.15, 0.2) is 0 Å². The highest BCUT2D eigenvalue weighted by Gasteiger charge is 2.18. The van der Waals surface area contributed by atoms with Crippen LogP contribution in [0.25, 0.3) is 0 Å². The Morgan fingerprint density at radius 3 is 1.07 bits per heavy atom. The number of aliphatic hydroxyl groups is 2.